The van der Waals surface area contributed by atoms with Gasteiger partial charge in [0.2, 0.25) is 0 Å². The van der Waals surface area contributed by atoms with Crippen LogP contribution in [0.5, 0.6) is 0 Å². The summed E-state index contributed by atoms with van der Waals surface area (Å²) in [7, 11) is 0. The van der Waals surface area contributed by atoms with E-state index in [1.807, 2.05) is 0 Å². The SMILES string of the molecule is C=CC(=O)O.[Na+].[Na+].[O-2]. The molecule has 0 rings (SSSR count). The molecule has 0 amide bonds. The molecule has 0 fully saturated rings. The molecule has 0 aliphatic heterocycles. The minimum atomic E-state index is -0.981. The van der Waals surface area contributed by atoms with E-state index in [4.69, 9.17) is 5.11 Å². The Morgan fingerprint density at radius 3 is 1.62 bits per heavy atom. The first-order valence-corrected chi connectivity index (χ1v) is 1.12. The van der Waals surface area contributed by atoms with Gasteiger partial charge in [0.15, 0.2) is 0 Å². The van der Waals surface area contributed by atoms with Gasteiger partial charge in [0.25, 0.3) is 0 Å². The summed E-state index contributed by atoms with van der Waals surface area (Å²) in [6, 6.07) is 0. The first kappa shape index (κ1) is 22.9. The first-order chi connectivity index (χ1) is 2.27. The number of hydrogen-bond donors (Lipinski definition) is 1. The molecular formula is C3H4Na2O3. The molecule has 0 aromatic carbocycles. The van der Waals surface area contributed by atoms with E-state index in [1.54, 1.807) is 0 Å². The number of carbonyl (C=O) groups is 1. The molecule has 0 aliphatic carbocycles. The fourth-order valence-electron chi connectivity index (χ4n) is 0. The molecule has 1 N–H and O–H groups in total. The Bertz CT molecular complexity index is 63.5. The van der Waals surface area contributed by atoms with E-state index in [9.17, 15) is 4.79 Å². The van der Waals surface area contributed by atoms with Crippen LogP contribution in [-0.2, 0) is 10.3 Å². The second kappa shape index (κ2) is 15.7. The average molecular weight is 134 g/mol. The molecule has 0 saturated carbocycles. The predicted octanol–water partition coefficient (Wildman–Crippen LogP) is -5.85. The van der Waals surface area contributed by atoms with Crippen molar-refractivity contribution in [3.63, 3.8) is 0 Å². The summed E-state index contributed by atoms with van der Waals surface area (Å²) >= 11 is 0. The monoisotopic (exact) mass is 134 g/mol. The normalized spacial score (nSPS) is 4.00. The third-order valence-electron chi connectivity index (χ3n) is 0.175. The first-order valence-electron chi connectivity index (χ1n) is 1.12. The van der Waals surface area contributed by atoms with Crippen LogP contribution in [0.1, 0.15) is 0 Å². The van der Waals surface area contributed by atoms with Gasteiger partial charge in [-0.2, -0.15) is 0 Å². The topological polar surface area (TPSA) is 65.8 Å². The standard InChI is InChI=1S/C3H4O2.2Na.O/c1-2-3(4)5;;;/h2H,1H2,(H,4,5);;;/q;2*+1;-2. The maximum Gasteiger partial charge on any atom is 1.00 e. The molecule has 3 nitrogen and oxygen atoms in total. The number of hydrogen-bond acceptors (Lipinski definition) is 1. The van der Waals surface area contributed by atoms with Gasteiger partial charge in [0.1, 0.15) is 0 Å². The molecule has 0 unspecified atom stereocenters. The summed E-state index contributed by atoms with van der Waals surface area (Å²) in [5.41, 5.74) is 0. The van der Waals surface area contributed by atoms with E-state index in [0.717, 1.165) is 6.08 Å². The van der Waals surface area contributed by atoms with Crippen molar-refractivity contribution in [2.24, 2.45) is 0 Å². The van der Waals surface area contributed by atoms with Gasteiger partial charge in [-0.05, 0) is 0 Å². The maximum atomic E-state index is 9.25. The minimum Gasteiger partial charge on any atom is -2.00 e. The van der Waals surface area contributed by atoms with Crippen LogP contribution in [0, 0.1) is 0 Å². The van der Waals surface area contributed by atoms with Crippen LogP contribution in [-0.4, -0.2) is 11.1 Å². The van der Waals surface area contributed by atoms with Gasteiger partial charge in [-0.3, -0.25) is 0 Å². The van der Waals surface area contributed by atoms with Crippen LogP contribution >= 0.6 is 0 Å². The number of rotatable bonds is 1. The molecule has 0 saturated heterocycles. The fraction of sp³-hybridized carbons (Fsp3) is 0. The smallest absolute Gasteiger partial charge is 1.00 e. The van der Waals surface area contributed by atoms with Crippen molar-refractivity contribution in [3.05, 3.63) is 12.7 Å². The predicted molar refractivity (Wildman–Crippen MR) is 18.5 cm³/mol. The Morgan fingerprint density at radius 1 is 1.50 bits per heavy atom. The van der Waals surface area contributed by atoms with Crippen molar-refractivity contribution in [2.45, 2.75) is 0 Å². The van der Waals surface area contributed by atoms with Gasteiger partial charge in [-0.1, -0.05) is 6.58 Å². The molecule has 0 radical (unpaired) electrons. The molecule has 0 bridgehead atoms. The van der Waals surface area contributed by atoms with Crippen molar-refractivity contribution in [2.75, 3.05) is 0 Å². The largest absolute Gasteiger partial charge is 2.00 e. The van der Waals surface area contributed by atoms with Crippen LogP contribution in [0.15, 0.2) is 12.7 Å². The van der Waals surface area contributed by atoms with Crippen molar-refractivity contribution in [1.82, 2.24) is 0 Å². The van der Waals surface area contributed by atoms with Gasteiger partial charge in [0.05, 0.1) is 0 Å². The van der Waals surface area contributed by atoms with Crippen molar-refractivity contribution in [1.29, 1.82) is 0 Å². The van der Waals surface area contributed by atoms with E-state index in [0.29, 0.717) is 0 Å². The maximum absolute atomic E-state index is 9.25. The van der Waals surface area contributed by atoms with Gasteiger partial charge >= 0.3 is 65.1 Å². The number of aliphatic carboxylic acids is 1. The van der Waals surface area contributed by atoms with E-state index < -0.39 is 5.97 Å². The molecule has 5 heteroatoms. The van der Waals surface area contributed by atoms with Gasteiger partial charge < -0.3 is 10.6 Å². The van der Waals surface area contributed by atoms with Crippen LogP contribution in [0.2, 0.25) is 0 Å². The molecule has 0 heterocycles. The summed E-state index contributed by atoms with van der Waals surface area (Å²) in [4.78, 5) is 9.25. The van der Waals surface area contributed by atoms with E-state index in [2.05, 4.69) is 6.58 Å². The zero-order valence-corrected chi connectivity index (χ0v) is 9.05. The Kier molecular flexibility index (Phi) is 45.0. The van der Waals surface area contributed by atoms with E-state index >= 15 is 0 Å². The third kappa shape index (κ3) is 27.2. The average Bonchev–Trinajstić information content (AvgIpc) is 1.38. The van der Waals surface area contributed by atoms with E-state index in [-0.39, 0.29) is 64.6 Å². The van der Waals surface area contributed by atoms with Crippen LogP contribution < -0.4 is 59.1 Å². The Labute approximate surface area is 92.0 Å². The summed E-state index contributed by atoms with van der Waals surface area (Å²) in [6.45, 7) is 2.96. The molecule has 0 aliphatic rings. The van der Waals surface area contributed by atoms with E-state index in [1.165, 1.54) is 0 Å². The molecule has 36 valence electrons. The zero-order chi connectivity index (χ0) is 4.28. The Balaban J connectivity index is -0.0000000267. The van der Waals surface area contributed by atoms with Crippen LogP contribution in [0.25, 0.3) is 0 Å². The quantitative estimate of drug-likeness (QED) is 0.286. The summed E-state index contributed by atoms with van der Waals surface area (Å²) in [5.74, 6) is -0.981. The molecule has 0 atom stereocenters. The third-order valence-corrected chi connectivity index (χ3v) is 0.175. The van der Waals surface area contributed by atoms with Crippen molar-refractivity contribution >= 4 is 5.97 Å². The second-order valence-corrected chi connectivity index (χ2v) is 0.542. The molecule has 0 aromatic rings. The van der Waals surface area contributed by atoms with Gasteiger partial charge in [-0.25, -0.2) is 4.79 Å². The Morgan fingerprint density at radius 2 is 1.62 bits per heavy atom. The molecule has 0 spiro atoms. The molecule has 8 heavy (non-hydrogen) atoms. The second-order valence-electron chi connectivity index (χ2n) is 0.542. The molecule has 0 aromatic heterocycles. The summed E-state index contributed by atoms with van der Waals surface area (Å²) in [6.07, 6.45) is 0.833. The molecular weight excluding hydrogens is 130 g/mol. The summed E-state index contributed by atoms with van der Waals surface area (Å²) in [5, 5.41) is 7.60. The number of carboxylic acid groups (broad SMARTS) is 1. The van der Waals surface area contributed by atoms with Crippen LogP contribution in [0.4, 0.5) is 0 Å². The Hall–Kier alpha value is 1.17. The van der Waals surface area contributed by atoms with Crippen LogP contribution in [0.3, 0.4) is 0 Å². The zero-order valence-electron chi connectivity index (χ0n) is 5.05. The number of carboxylic acids is 1. The van der Waals surface area contributed by atoms with Gasteiger partial charge in [-0.15, -0.1) is 0 Å². The minimum absolute atomic E-state index is 0. The fourth-order valence-corrected chi connectivity index (χ4v) is 0. The summed E-state index contributed by atoms with van der Waals surface area (Å²) < 4.78 is 0. The van der Waals surface area contributed by atoms with Gasteiger partial charge in [0, 0.05) is 6.08 Å². The van der Waals surface area contributed by atoms with Crippen molar-refractivity contribution in [3.8, 4) is 0 Å². The van der Waals surface area contributed by atoms with Crippen molar-refractivity contribution < 1.29 is 74.5 Å².